The van der Waals surface area contributed by atoms with Crippen molar-refractivity contribution in [1.29, 1.82) is 0 Å². The molecule has 0 bridgehead atoms. The quantitative estimate of drug-likeness (QED) is 0.539. The Morgan fingerprint density at radius 1 is 1.00 bits per heavy atom. The van der Waals surface area contributed by atoms with E-state index < -0.39 is 16.1 Å². The molecule has 2 N–H and O–H groups in total. The van der Waals surface area contributed by atoms with E-state index in [1.54, 1.807) is 12.1 Å². The van der Waals surface area contributed by atoms with E-state index in [1.165, 1.54) is 30.5 Å². The van der Waals surface area contributed by atoms with Gasteiger partial charge in [0.2, 0.25) is 15.9 Å². The minimum atomic E-state index is -3.86. The zero-order valence-corrected chi connectivity index (χ0v) is 17.1. The molecule has 3 rings (SSSR count). The number of hydrogen-bond donors (Lipinski definition) is 2. The van der Waals surface area contributed by atoms with Crippen molar-refractivity contribution < 1.29 is 17.6 Å². The maximum absolute atomic E-state index is 12.7. The van der Waals surface area contributed by atoms with Crippen LogP contribution < -0.4 is 10.0 Å². The molecule has 0 saturated carbocycles. The number of amides is 1. The van der Waals surface area contributed by atoms with E-state index in [9.17, 15) is 13.2 Å². The van der Waals surface area contributed by atoms with Crippen LogP contribution in [0.4, 0.5) is 0 Å². The van der Waals surface area contributed by atoms with E-state index in [0.717, 1.165) is 5.56 Å². The minimum absolute atomic E-state index is 0.0583. The second-order valence-electron chi connectivity index (χ2n) is 6.43. The van der Waals surface area contributed by atoms with Crippen molar-refractivity contribution in [2.75, 3.05) is 6.54 Å². The molecule has 6 nitrogen and oxygen atoms in total. The summed E-state index contributed by atoms with van der Waals surface area (Å²) in [5.41, 5.74) is 1.11. The third-order valence-electron chi connectivity index (χ3n) is 4.28. The molecular formula is C21H21ClN2O4S. The molecule has 1 heterocycles. The van der Waals surface area contributed by atoms with Gasteiger partial charge in [0.1, 0.15) is 5.76 Å². The fourth-order valence-corrected chi connectivity index (χ4v) is 4.14. The first-order valence-corrected chi connectivity index (χ1v) is 10.9. The summed E-state index contributed by atoms with van der Waals surface area (Å²) in [7, 11) is -3.86. The molecule has 0 aliphatic heterocycles. The Bertz CT molecular complexity index is 1020. The van der Waals surface area contributed by atoms with Gasteiger partial charge in [-0.2, -0.15) is 4.72 Å². The summed E-state index contributed by atoms with van der Waals surface area (Å²) in [6, 6.07) is 18.0. The van der Waals surface area contributed by atoms with Crippen molar-refractivity contribution in [2.45, 2.75) is 23.8 Å². The van der Waals surface area contributed by atoms with E-state index in [1.807, 2.05) is 30.3 Å². The highest BCUT2D eigenvalue weighted by Crippen LogP contribution is 2.22. The van der Waals surface area contributed by atoms with Crippen LogP contribution in [0.1, 0.15) is 23.8 Å². The summed E-state index contributed by atoms with van der Waals surface area (Å²) in [6.45, 7) is 0.456. The van der Waals surface area contributed by atoms with Crippen LogP contribution in [0.15, 0.2) is 82.3 Å². The van der Waals surface area contributed by atoms with E-state index >= 15 is 0 Å². The first-order chi connectivity index (χ1) is 13.9. The number of benzene rings is 2. The van der Waals surface area contributed by atoms with Crippen LogP contribution in [0.3, 0.4) is 0 Å². The predicted octanol–water partition coefficient (Wildman–Crippen LogP) is 3.70. The minimum Gasteiger partial charge on any atom is -0.468 e. The zero-order valence-electron chi connectivity index (χ0n) is 15.5. The highest BCUT2D eigenvalue weighted by Gasteiger charge is 2.25. The Morgan fingerprint density at radius 3 is 2.38 bits per heavy atom. The Morgan fingerprint density at radius 2 is 1.72 bits per heavy atom. The molecule has 152 valence electrons. The third kappa shape index (κ3) is 6.19. The highest BCUT2D eigenvalue weighted by molar-refractivity contribution is 7.89. The SMILES string of the molecule is O=C(C[C@H](NS(=O)(=O)c1ccc(Cl)cc1)c1ccco1)NCCc1ccccc1. The first kappa shape index (κ1) is 21.1. The van der Waals surface area contributed by atoms with Gasteiger partial charge in [-0.1, -0.05) is 41.9 Å². The topological polar surface area (TPSA) is 88.4 Å². The van der Waals surface area contributed by atoms with Gasteiger partial charge < -0.3 is 9.73 Å². The second kappa shape index (κ2) is 9.73. The third-order valence-corrected chi connectivity index (χ3v) is 6.02. The number of rotatable bonds is 9. The molecular weight excluding hydrogens is 412 g/mol. The van der Waals surface area contributed by atoms with Crippen molar-refractivity contribution in [2.24, 2.45) is 0 Å². The molecule has 0 unspecified atom stereocenters. The van der Waals surface area contributed by atoms with Gasteiger partial charge in [0.05, 0.1) is 23.6 Å². The van der Waals surface area contributed by atoms with Crippen molar-refractivity contribution in [1.82, 2.24) is 10.0 Å². The first-order valence-electron chi connectivity index (χ1n) is 9.06. The Balaban J connectivity index is 1.64. The van der Waals surface area contributed by atoms with Crippen LogP contribution in [-0.2, 0) is 21.2 Å². The molecule has 0 saturated heterocycles. The maximum Gasteiger partial charge on any atom is 0.241 e. The summed E-state index contributed by atoms with van der Waals surface area (Å²) < 4.78 is 33.3. The van der Waals surface area contributed by atoms with Gasteiger partial charge in [-0.3, -0.25) is 4.79 Å². The van der Waals surface area contributed by atoms with Crippen LogP contribution in [0.5, 0.6) is 0 Å². The highest BCUT2D eigenvalue weighted by atomic mass is 35.5. The number of furan rings is 1. The Kier molecular flexibility index (Phi) is 7.09. The number of hydrogen-bond acceptors (Lipinski definition) is 4. The monoisotopic (exact) mass is 432 g/mol. The van der Waals surface area contributed by atoms with Gasteiger partial charge in [-0.15, -0.1) is 0 Å². The van der Waals surface area contributed by atoms with Crippen molar-refractivity contribution >= 4 is 27.5 Å². The number of sulfonamides is 1. The lowest BCUT2D eigenvalue weighted by Crippen LogP contribution is -2.34. The smallest absolute Gasteiger partial charge is 0.241 e. The standard InChI is InChI=1S/C21H21ClN2O4S/c22-17-8-10-18(11-9-17)29(26,27)24-19(20-7-4-14-28-20)15-21(25)23-13-12-16-5-2-1-3-6-16/h1-11,14,19,24H,12-13,15H2,(H,23,25)/t19-/m0/s1. The molecule has 8 heteroatoms. The summed E-state index contributed by atoms with van der Waals surface area (Å²) in [5.74, 6) is 0.0851. The molecule has 0 aliphatic rings. The van der Waals surface area contributed by atoms with Crippen molar-refractivity contribution in [3.63, 3.8) is 0 Å². The van der Waals surface area contributed by atoms with E-state index in [0.29, 0.717) is 23.7 Å². The number of halogens is 1. The molecule has 3 aromatic rings. The summed E-state index contributed by atoms with van der Waals surface area (Å²) in [6.07, 6.45) is 2.04. The largest absolute Gasteiger partial charge is 0.468 e. The number of nitrogens with one attached hydrogen (secondary N) is 2. The lowest BCUT2D eigenvalue weighted by atomic mass is 10.1. The van der Waals surface area contributed by atoms with Crippen LogP contribution >= 0.6 is 11.6 Å². The average molecular weight is 433 g/mol. The van der Waals surface area contributed by atoms with Crippen LogP contribution in [-0.4, -0.2) is 20.9 Å². The summed E-state index contributed by atoms with van der Waals surface area (Å²) in [4.78, 5) is 12.5. The fourth-order valence-electron chi connectivity index (χ4n) is 2.81. The molecule has 1 atom stereocenters. The van der Waals surface area contributed by atoms with Gasteiger partial charge in [-0.25, -0.2) is 8.42 Å². The van der Waals surface area contributed by atoms with Gasteiger partial charge >= 0.3 is 0 Å². The molecule has 1 amide bonds. The molecule has 29 heavy (non-hydrogen) atoms. The lowest BCUT2D eigenvalue weighted by Gasteiger charge is -2.17. The average Bonchev–Trinajstić information content (AvgIpc) is 3.23. The molecule has 0 spiro atoms. The van der Waals surface area contributed by atoms with Crippen molar-refractivity contribution in [3.8, 4) is 0 Å². The van der Waals surface area contributed by atoms with E-state index in [2.05, 4.69) is 10.0 Å². The molecule has 0 radical (unpaired) electrons. The molecule has 2 aromatic carbocycles. The normalized spacial score (nSPS) is 12.4. The van der Waals surface area contributed by atoms with Gasteiger partial charge in [0.25, 0.3) is 0 Å². The van der Waals surface area contributed by atoms with Gasteiger partial charge in [-0.05, 0) is 48.4 Å². The van der Waals surface area contributed by atoms with Gasteiger partial charge in [0, 0.05) is 11.6 Å². The Hall–Kier alpha value is -2.61. The lowest BCUT2D eigenvalue weighted by molar-refractivity contribution is -0.121. The van der Waals surface area contributed by atoms with Gasteiger partial charge in [0.15, 0.2) is 0 Å². The van der Waals surface area contributed by atoms with Crippen LogP contribution in [0, 0.1) is 0 Å². The number of carbonyl (C=O) groups excluding carboxylic acids is 1. The van der Waals surface area contributed by atoms with E-state index in [4.69, 9.17) is 16.0 Å². The Labute approximate surface area is 174 Å². The summed E-state index contributed by atoms with van der Waals surface area (Å²) in [5, 5.41) is 3.26. The molecule has 0 fully saturated rings. The zero-order chi connectivity index (χ0) is 20.7. The van der Waals surface area contributed by atoms with Crippen LogP contribution in [0.25, 0.3) is 0 Å². The summed E-state index contributed by atoms with van der Waals surface area (Å²) >= 11 is 5.83. The fraction of sp³-hybridized carbons (Fsp3) is 0.190. The van der Waals surface area contributed by atoms with Crippen molar-refractivity contribution in [3.05, 3.63) is 89.3 Å². The maximum atomic E-state index is 12.7. The predicted molar refractivity (Wildman–Crippen MR) is 111 cm³/mol. The molecule has 0 aliphatic carbocycles. The van der Waals surface area contributed by atoms with E-state index in [-0.39, 0.29) is 17.2 Å². The number of carbonyl (C=O) groups is 1. The second-order valence-corrected chi connectivity index (χ2v) is 8.58. The van der Waals surface area contributed by atoms with Crippen LogP contribution in [0.2, 0.25) is 5.02 Å². The molecule has 1 aromatic heterocycles.